The highest BCUT2D eigenvalue weighted by Crippen LogP contribution is 2.38. The Hall–Kier alpha value is -3.75. The summed E-state index contributed by atoms with van der Waals surface area (Å²) in [5, 5.41) is 12.7. The largest absolute Gasteiger partial charge is 0.490 e. The van der Waals surface area contributed by atoms with Crippen molar-refractivity contribution >= 4 is 23.6 Å². The number of ether oxygens (including phenoxy) is 2. The maximum Gasteiger partial charge on any atom is 0.261 e. The van der Waals surface area contributed by atoms with Gasteiger partial charge in [-0.3, -0.25) is 4.79 Å². The molecule has 1 amide bonds. The molecule has 35 heavy (non-hydrogen) atoms. The fourth-order valence-electron chi connectivity index (χ4n) is 3.46. The van der Waals surface area contributed by atoms with Gasteiger partial charge in [-0.05, 0) is 61.6 Å². The summed E-state index contributed by atoms with van der Waals surface area (Å²) in [6, 6.07) is 23.5. The predicted molar refractivity (Wildman–Crippen MR) is 139 cm³/mol. The standard InChI is InChI=1S/C29H29ClN2O3/c1-3-34-27-18-24(17-26(30)28(27)35-20-23-13-11-21(2)12-14-23)16-25(19-31)29(33)32-15-7-10-22-8-5-4-6-9-22/h4-6,8-9,11-14,16-18H,3,7,10,15,20H2,1-2H3,(H,32,33)/b25-16-. The lowest BCUT2D eigenvalue weighted by molar-refractivity contribution is -0.117. The molecule has 0 aliphatic heterocycles. The van der Waals surface area contributed by atoms with E-state index >= 15 is 0 Å². The first kappa shape index (κ1) is 25.9. The summed E-state index contributed by atoms with van der Waals surface area (Å²) in [7, 11) is 0. The van der Waals surface area contributed by atoms with Crippen LogP contribution in [-0.2, 0) is 17.8 Å². The smallest absolute Gasteiger partial charge is 0.261 e. The van der Waals surface area contributed by atoms with Crippen LogP contribution >= 0.6 is 11.6 Å². The minimum atomic E-state index is -0.422. The van der Waals surface area contributed by atoms with Crippen LogP contribution in [0.15, 0.2) is 72.3 Å². The van der Waals surface area contributed by atoms with Gasteiger partial charge in [-0.1, -0.05) is 71.8 Å². The molecule has 3 aromatic carbocycles. The van der Waals surface area contributed by atoms with Gasteiger partial charge in [0.1, 0.15) is 18.2 Å². The van der Waals surface area contributed by atoms with E-state index in [0.29, 0.717) is 41.8 Å². The average Bonchev–Trinajstić information content (AvgIpc) is 2.86. The summed E-state index contributed by atoms with van der Waals surface area (Å²) in [5.74, 6) is 0.461. The number of carbonyl (C=O) groups is 1. The van der Waals surface area contributed by atoms with E-state index in [1.54, 1.807) is 12.1 Å². The highest BCUT2D eigenvalue weighted by atomic mass is 35.5. The minimum absolute atomic E-state index is 0.00319. The van der Waals surface area contributed by atoms with Gasteiger partial charge in [0, 0.05) is 6.54 Å². The van der Waals surface area contributed by atoms with Crippen LogP contribution in [0.5, 0.6) is 11.5 Å². The fourth-order valence-corrected chi connectivity index (χ4v) is 3.74. The number of nitriles is 1. The van der Waals surface area contributed by atoms with Crippen molar-refractivity contribution in [3.63, 3.8) is 0 Å². The number of amides is 1. The summed E-state index contributed by atoms with van der Waals surface area (Å²) < 4.78 is 11.7. The highest BCUT2D eigenvalue weighted by molar-refractivity contribution is 6.32. The van der Waals surface area contributed by atoms with E-state index in [1.807, 2.05) is 62.4 Å². The van der Waals surface area contributed by atoms with Gasteiger partial charge in [0.2, 0.25) is 0 Å². The monoisotopic (exact) mass is 488 g/mol. The second-order valence-corrected chi connectivity index (χ2v) is 8.46. The Labute approximate surface area is 212 Å². The van der Waals surface area contributed by atoms with E-state index in [4.69, 9.17) is 21.1 Å². The maximum atomic E-state index is 12.5. The molecule has 0 aliphatic carbocycles. The van der Waals surface area contributed by atoms with Gasteiger partial charge in [-0.25, -0.2) is 0 Å². The molecule has 1 N–H and O–H groups in total. The second-order valence-electron chi connectivity index (χ2n) is 8.05. The molecule has 3 rings (SSSR count). The average molecular weight is 489 g/mol. The molecule has 0 fully saturated rings. The predicted octanol–water partition coefficient (Wildman–Crippen LogP) is 6.28. The van der Waals surface area contributed by atoms with Crippen LogP contribution in [0, 0.1) is 18.3 Å². The first-order valence-electron chi connectivity index (χ1n) is 11.6. The molecule has 0 aliphatic rings. The van der Waals surface area contributed by atoms with Crippen molar-refractivity contribution in [2.75, 3.05) is 13.2 Å². The number of hydrogen-bond donors (Lipinski definition) is 1. The van der Waals surface area contributed by atoms with Gasteiger partial charge in [-0.15, -0.1) is 0 Å². The van der Waals surface area contributed by atoms with Crippen molar-refractivity contribution in [1.82, 2.24) is 5.32 Å². The van der Waals surface area contributed by atoms with E-state index in [2.05, 4.69) is 17.4 Å². The molecule has 0 spiro atoms. The lowest BCUT2D eigenvalue weighted by atomic mass is 10.1. The van der Waals surface area contributed by atoms with Gasteiger partial charge >= 0.3 is 0 Å². The molecule has 180 valence electrons. The number of carbonyl (C=O) groups excluding carboxylic acids is 1. The first-order chi connectivity index (χ1) is 17.0. The van der Waals surface area contributed by atoms with Crippen LogP contribution in [0.25, 0.3) is 6.08 Å². The number of benzene rings is 3. The van der Waals surface area contributed by atoms with Gasteiger partial charge < -0.3 is 14.8 Å². The van der Waals surface area contributed by atoms with Crippen molar-refractivity contribution in [2.45, 2.75) is 33.3 Å². The molecule has 0 heterocycles. The molecule has 0 bridgehead atoms. The molecular formula is C29H29ClN2O3. The number of hydrogen-bond acceptors (Lipinski definition) is 4. The lowest BCUT2D eigenvalue weighted by Gasteiger charge is -2.15. The lowest BCUT2D eigenvalue weighted by Crippen LogP contribution is -2.25. The molecule has 3 aromatic rings. The number of nitrogens with zero attached hydrogens (tertiary/aromatic N) is 1. The van der Waals surface area contributed by atoms with Gasteiger partial charge in [-0.2, -0.15) is 5.26 Å². The Morgan fingerprint density at radius 2 is 1.80 bits per heavy atom. The van der Waals surface area contributed by atoms with Crippen molar-refractivity contribution in [3.8, 4) is 17.6 Å². The first-order valence-corrected chi connectivity index (χ1v) is 12.0. The zero-order valence-electron chi connectivity index (χ0n) is 20.0. The Bertz CT molecular complexity index is 1200. The zero-order chi connectivity index (χ0) is 25.0. The normalized spacial score (nSPS) is 11.0. The Morgan fingerprint density at radius 3 is 2.49 bits per heavy atom. The van der Waals surface area contributed by atoms with Gasteiger partial charge in [0.05, 0.1) is 11.6 Å². The molecule has 5 nitrogen and oxygen atoms in total. The number of rotatable bonds is 11. The molecule has 0 saturated heterocycles. The Balaban J connectivity index is 1.68. The highest BCUT2D eigenvalue weighted by Gasteiger charge is 2.15. The van der Waals surface area contributed by atoms with Crippen LogP contribution in [0.2, 0.25) is 5.02 Å². The molecule has 6 heteroatoms. The van der Waals surface area contributed by atoms with Gasteiger partial charge in [0.15, 0.2) is 11.5 Å². The van der Waals surface area contributed by atoms with E-state index in [1.165, 1.54) is 17.2 Å². The molecular weight excluding hydrogens is 460 g/mol. The summed E-state index contributed by atoms with van der Waals surface area (Å²) in [4.78, 5) is 12.5. The quantitative estimate of drug-likeness (QED) is 0.196. The second kappa shape index (κ2) is 13.2. The van der Waals surface area contributed by atoms with Crippen LogP contribution in [-0.4, -0.2) is 19.1 Å². The van der Waals surface area contributed by atoms with Crippen molar-refractivity contribution in [1.29, 1.82) is 5.26 Å². The Kier molecular flexibility index (Phi) is 9.77. The van der Waals surface area contributed by atoms with E-state index < -0.39 is 5.91 Å². The topological polar surface area (TPSA) is 71.3 Å². The van der Waals surface area contributed by atoms with Gasteiger partial charge in [0.25, 0.3) is 5.91 Å². The summed E-state index contributed by atoms with van der Waals surface area (Å²) in [6.07, 6.45) is 3.14. The summed E-state index contributed by atoms with van der Waals surface area (Å²) >= 11 is 6.51. The molecule has 0 aromatic heterocycles. The zero-order valence-corrected chi connectivity index (χ0v) is 20.8. The van der Waals surface area contributed by atoms with E-state index in [9.17, 15) is 10.1 Å². The van der Waals surface area contributed by atoms with Crippen LogP contribution in [0.4, 0.5) is 0 Å². The third-order valence-corrected chi connectivity index (χ3v) is 5.56. The number of halogens is 1. The van der Waals surface area contributed by atoms with Crippen molar-refractivity contribution < 1.29 is 14.3 Å². The third kappa shape index (κ3) is 7.91. The number of nitrogens with one attached hydrogen (secondary N) is 1. The molecule has 0 unspecified atom stereocenters. The summed E-state index contributed by atoms with van der Waals surface area (Å²) in [5.41, 5.74) is 3.97. The maximum absolute atomic E-state index is 12.5. The van der Waals surface area contributed by atoms with E-state index in [0.717, 1.165) is 18.4 Å². The SMILES string of the molecule is CCOc1cc(/C=C(/C#N)C(=O)NCCCc2ccccc2)cc(Cl)c1OCc1ccc(C)cc1. The third-order valence-electron chi connectivity index (χ3n) is 5.28. The fraction of sp³-hybridized carbons (Fsp3) is 0.241. The molecule has 0 radical (unpaired) electrons. The van der Waals surface area contributed by atoms with E-state index in [-0.39, 0.29) is 5.57 Å². The van der Waals surface area contributed by atoms with Crippen LogP contribution in [0.3, 0.4) is 0 Å². The van der Waals surface area contributed by atoms with Crippen molar-refractivity contribution in [2.24, 2.45) is 0 Å². The molecule has 0 atom stereocenters. The van der Waals surface area contributed by atoms with Crippen molar-refractivity contribution in [3.05, 3.63) is 99.6 Å². The number of aryl methyl sites for hydroxylation is 2. The minimum Gasteiger partial charge on any atom is -0.490 e. The Morgan fingerprint density at radius 1 is 1.06 bits per heavy atom. The summed E-state index contributed by atoms with van der Waals surface area (Å²) in [6.45, 7) is 5.12. The molecule has 0 saturated carbocycles. The van der Waals surface area contributed by atoms with Crippen LogP contribution in [0.1, 0.15) is 35.6 Å². The van der Waals surface area contributed by atoms with Crippen LogP contribution < -0.4 is 14.8 Å².